The molecule has 14 heavy (non-hydrogen) atoms. The van der Waals surface area contributed by atoms with Gasteiger partial charge >= 0.3 is 0 Å². The van der Waals surface area contributed by atoms with Crippen LogP contribution in [-0.4, -0.2) is 10.9 Å². The van der Waals surface area contributed by atoms with Crippen LogP contribution in [-0.2, 0) is 6.42 Å². The van der Waals surface area contributed by atoms with Crippen molar-refractivity contribution in [3.63, 3.8) is 0 Å². The van der Waals surface area contributed by atoms with Crippen LogP contribution in [0.25, 0.3) is 10.1 Å². The Hall–Kier alpha value is -0.930. The number of rotatable bonds is 4. The summed E-state index contributed by atoms with van der Waals surface area (Å²) in [5.41, 5.74) is 6.86. The van der Waals surface area contributed by atoms with Crippen molar-refractivity contribution in [2.75, 3.05) is 6.54 Å². The summed E-state index contributed by atoms with van der Waals surface area (Å²) in [5.74, 6) is 0. The summed E-state index contributed by atoms with van der Waals surface area (Å²) >= 11 is 1.57. The van der Waals surface area contributed by atoms with E-state index in [1.165, 1.54) is 22.1 Å². The summed E-state index contributed by atoms with van der Waals surface area (Å²) in [6.07, 6.45) is 5.34. The summed E-state index contributed by atoms with van der Waals surface area (Å²) in [7, 11) is 0. The average molecular weight is 206 g/mol. The highest BCUT2D eigenvalue weighted by Crippen LogP contribution is 2.20. The lowest BCUT2D eigenvalue weighted by Crippen LogP contribution is -1.98. The predicted molar refractivity (Wildman–Crippen MR) is 61.6 cm³/mol. The quantitative estimate of drug-likeness (QED) is 0.781. The number of unbranched alkanes of at least 4 members (excludes halogenated alkanes) is 1. The van der Waals surface area contributed by atoms with Crippen LogP contribution in [0.5, 0.6) is 0 Å². The molecule has 0 saturated heterocycles. The Morgan fingerprint density at radius 2 is 2.21 bits per heavy atom. The molecule has 0 aliphatic rings. The van der Waals surface area contributed by atoms with Crippen LogP contribution in [0.3, 0.4) is 0 Å². The smallest absolute Gasteiger partial charge is 0.0552 e. The lowest BCUT2D eigenvalue weighted by Gasteiger charge is -1.99. The lowest BCUT2D eigenvalue weighted by atomic mass is 10.1. The first-order valence-corrected chi connectivity index (χ1v) is 5.71. The minimum Gasteiger partial charge on any atom is -0.330 e. The third-order valence-corrected chi connectivity index (χ3v) is 3.10. The zero-order valence-corrected chi connectivity index (χ0v) is 8.89. The van der Waals surface area contributed by atoms with E-state index in [0.29, 0.717) is 0 Å². The number of benzene rings is 1. The van der Waals surface area contributed by atoms with Crippen molar-refractivity contribution in [1.29, 1.82) is 0 Å². The molecule has 2 nitrogen and oxygen atoms in total. The molecule has 0 saturated carbocycles. The molecule has 1 aromatic heterocycles. The van der Waals surface area contributed by atoms with E-state index in [2.05, 4.69) is 22.6 Å². The fourth-order valence-electron chi connectivity index (χ4n) is 1.53. The Morgan fingerprint density at radius 3 is 3.07 bits per heavy atom. The molecule has 1 aromatic carbocycles. The number of fused-ring (bicyclic) bond motifs is 1. The maximum atomic E-state index is 5.46. The molecular formula is C11H14N2S. The zero-order valence-electron chi connectivity index (χ0n) is 8.07. The van der Waals surface area contributed by atoms with Gasteiger partial charge in [0.15, 0.2) is 0 Å². The molecule has 0 radical (unpaired) electrons. The average Bonchev–Trinajstić information content (AvgIpc) is 2.65. The second-order valence-electron chi connectivity index (χ2n) is 3.44. The summed E-state index contributed by atoms with van der Waals surface area (Å²) in [4.78, 5) is 0. The molecule has 2 aromatic rings. The van der Waals surface area contributed by atoms with Crippen molar-refractivity contribution in [2.45, 2.75) is 19.3 Å². The normalized spacial score (nSPS) is 10.9. The number of aromatic nitrogens is 1. The van der Waals surface area contributed by atoms with Crippen LogP contribution >= 0.6 is 11.5 Å². The predicted octanol–water partition coefficient (Wildman–Crippen LogP) is 2.58. The molecular weight excluding hydrogens is 192 g/mol. The highest BCUT2D eigenvalue weighted by Gasteiger charge is 1.98. The molecule has 2 N–H and O–H groups in total. The van der Waals surface area contributed by atoms with Gasteiger partial charge in [-0.2, -0.15) is 4.37 Å². The Bertz CT molecular complexity index is 408. The van der Waals surface area contributed by atoms with Gasteiger partial charge in [0.25, 0.3) is 0 Å². The number of aryl methyl sites for hydroxylation is 1. The van der Waals surface area contributed by atoms with Crippen LogP contribution in [0.15, 0.2) is 24.4 Å². The van der Waals surface area contributed by atoms with E-state index in [9.17, 15) is 0 Å². The monoisotopic (exact) mass is 206 g/mol. The van der Waals surface area contributed by atoms with Crippen molar-refractivity contribution >= 4 is 21.6 Å². The highest BCUT2D eigenvalue weighted by atomic mass is 32.1. The fourth-order valence-corrected chi connectivity index (χ4v) is 2.24. The Labute approximate surface area is 87.9 Å². The van der Waals surface area contributed by atoms with E-state index in [1.54, 1.807) is 11.5 Å². The number of hydrogen-bond acceptors (Lipinski definition) is 3. The van der Waals surface area contributed by atoms with Gasteiger partial charge in [-0.05, 0) is 49.0 Å². The molecule has 0 fully saturated rings. The van der Waals surface area contributed by atoms with E-state index in [0.717, 1.165) is 19.4 Å². The SMILES string of the molecule is NCCCCc1ccc2cnsc2c1. The summed E-state index contributed by atoms with van der Waals surface area (Å²) in [6.45, 7) is 0.794. The molecule has 0 amide bonds. The fraction of sp³-hybridized carbons (Fsp3) is 0.364. The number of hydrogen-bond donors (Lipinski definition) is 1. The van der Waals surface area contributed by atoms with Crippen molar-refractivity contribution < 1.29 is 0 Å². The highest BCUT2D eigenvalue weighted by molar-refractivity contribution is 7.13. The van der Waals surface area contributed by atoms with Crippen molar-refractivity contribution in [3.05, 3.63) is 30.0 Å². The van der Waals surface area contributed by atoms with Crippen LogP contribution in [0.4, 0.5) is 0 Å². The van der Waals surface area contributed by atoms with E-state index < -0.39 is 0 Å². The molecule has 0 atom stereocenters. The largest absolute Gasteiger partial charge is 0.330 e. The van der Waals surface area contributed by atoms with E-state index in [1.807, 2.05) is 6.20 Å². The maximum absolute atomic E-state index is 5.46. The Balaban J connectivity index is 2.10. The minimum absolute atomic E-state index is 0.794. The van der Waals surface area contributed by atoms with Crippen molar-refractivity contribution in [3.8, 4) is 0 Å². The maximum Gasteiger partial charge on any atom is 0.0552 e. The van der Waals surface area contributed by atoms with E-state index in [-0.39, 0.29) is 0 Å². The standard InChI is InChI=1S/C11H14N2S/c12-6-2-1-3-9-4-5-10-8-13-14-11(10)7-9/h4-5,7-8H,1-3,6,12H2. The number of nitrogens with zero attached hydrogens (tertiary/aromatic N) is 1. The van der Waals surface area contributed by atoms with Crippen LogP contribution in [0.2, 0.25) is 0 Å². The van der Waals surface area contributed by atoms with Crippen molar-refractivity contribution in [2.24, 2.45) is 5.73 Å². The van der Waals surface area contributed by atoms with Gasteiger partial charge in [-0.25, -0.2) is 0 Å². The second kappa shape index (κ2) is 4.53. The second-order valence-corrected chi connectivity index (χ2v) is 4.28. The first-order chi connectivity index (χ1) is 6.90. The van der Waals surface area contributed by atoms with Gasteiger partial charge in [0.1, 0.15) is 0 Å². The van der Waals surface area contributed by atoms with Crippen molar-refractivity contribution in [1.82, 2.24) is 4.37 Å². The molecule has 0 bridgehead atoms. The molecule has 3 heteroatoms. The molecule has 0 aliphatic heterocycles. The van der Waals surface area contributed by atoms with Gasteiger partial charge in [0, 0.05) is 11.6 Å². The van der Waals surface area contributed by atoms with Crippen LogP contribution < -0.4 is 5.73 Å². The van der Waals surface area contributed by atoms with Gasteiger partial charge in [0.2, 0.25) is 0 Å². The van der Waals surface area contributed by atoms with E-state index in [4.69, 9.17) is 5.73 Å². The number of nitrogens with two attached hydrogens (primary N) is 1. The van der Waals surface area contributed by atoms with Gasteiger partial charge in [-0.1, -0.05) is 12.1 Å². The first-order valence-electron chi connectivity index (χ1n) is 4.93. The Morgan fingerprint density at radius 1 is 1.29 bits per heavy atom. The molecule has 0 aliphatic carbocycles. The summed E-state index contributed by atoms with van der Waals surface area (Å²) < 4.78 is 5.45. The van der Waals surface area contributed by atoms with Gasteiger partial charge < -0.3 is 5.73 Å². The topological polar surface area (TPSA) is 38.9 Å². The summed E-state index contributed by atoms with van der Waals surface area (Å²) in [6, 6.07) is 6.58. The minimum atomic E-state index is 0.794. The molecule has 1 heterocycles. The Kier molecular flexibility index (Phi) is 3.11. The van der Waals surface area contributed by atoms with Gasteiger partial charge in [-0.15, -0.1) is 0 Å². The molecule has 0 unspecified atom stereocenters. The van der Waals surface area contributed by atoms with Crippen LogP contribution in [0.1, 0.15) is 18.4 Å². The lowest BCUT2D eigenvalue weighted by molar-refractivity contribution is 0.745. The first kappa shape index (κ1) is 9.62. The zero-order chi connectivity index (χ0) is 9.80. The third kappa shape index (κ3) is 2.11. The third-order valence-electron chi connectivity index (χ3n) is 2.34. The van der Waals surface area contributed by atoms with Crippen LogP contribution in [0, 0.1) is 0 Å². The summed E-state index contributed by atoms with van der Waals surface area (Å²) in [5, 5.41) is 1.25. The van der Waals surface area contributed by atoms with E-state index >= 15 is 0 Å². The van der Waals surface area contributed by atoms with Gasteiger partial charge in [-0.3, -0.25) is 0 Å². The van der Waals surface area contributed by atoms with Gasteiger partial charge in [0.05, 0.1) is 4.70 Å². The molecule has 0 spiro atoms. The molecule has 2 rings (SSSR count). The molecule has 74 valence electrons.